The zero-order chi connectivity index (χ0) is 15.7. The van der Waals surface area contributed by atoms with Gasteiger partial charge in [0.1, 0.15) is 12.7 Å². The van der Waals surface area contributed by atoms with Crippen molar-refractivity contribution in [3.8, 4) is 0 Å². The Morgan fingerprint density at radius 2 is 1.95 bits per heavy atom. The maximum absolute atomic E-state index is 12.4. The number of carbonyl (C=O) groups is 2. The fraction of sp³-hybridized carbons (Fsp3) is 0.867. The lowest BCUT2D eigenvalue weighted by molar-refractivity contribution is -0.325. The van der Waals surface area contributed by atoms with Crippen LogP contribution in [0.15, 0.2) is 0 Å². The topological polar surface area (TPSA) is 102 Å². The van der Waals surface area contributed by atoms with Crippen molar-refractivity contribution >= 4 is 11.9 Å². The molecule has 2 saturated carbocycles. The van der Waals surface area contributed by atoms with E-state index in [1.54, 1.807) is 6.92 Å². The normalized spacial score (nSPS) is 64.4. The van der Waals surface area contributed by atoms with Gasteiger partial charge in [-0.2, -0.15) is 0 Å². The first-order valence-electron chi connectivity index (χ1n) is 7.70. The quantitative estimate of drug-likeness (QED) is 0.561. The van der Waals surface area contributed by atoms with Crippen molar-refractivity contribution in [2.75, 3.05) is 6.61 Å². The minimum Gasteiger partial charge on any atom is -0.463 e. The van der Waals surface area contributed by atoms with E-state index in [9.17, 15) is 19.8 Å². The molecule has 0 unspecified atom stereocenters. The molecule has 22 heavy (non-hydrogen) atoms. The third-order valence-electron chi connectivity index (χ3n) is 7.43. The molecule has 3 saturated heterocycles. The van der Waals surface area contributed by atoms with Gasteiger partial charge in [-0.3, -0.25) is 0 Å². The van der Waals surface area contributed by atoms with Crippen molar-refractivity contribution < 1.29 is 34.0 Å². The minimum atomic E-state index is -2.00. The van der Waals surface area contributed by atoms with Gasteiger partial charge in [0.05, 0.1) is 17.1 Å². The molecule has 3 heterocycles. The molecular formula is C15H18O7. The standard InChI is InChI=1S/C15H18O7/c1-6-7-3-14(18)12(2)5-20-11(17)15(12,19)8-4-13(6,14)9(21-7)10(16)22-8/h6-9,18-19H,3-5H2,1-2H3/t6-,7-,8+,9+,12+,13-,14+,15-/m1/s1. The van der Waals surface area contributed by atoms with Crippen LogP contribution in [0.5, 0.6) is 0 Å². The van der Waals surface area contributed by atoms with E-state index in [1.165, 1.54) is 0 Å². The smallest absolute Gasteiger partial charge is 0.342 e. The van der Waals surface area contributed by atoms with Crippen molar-refractivity contribution in [2.24, 2.45) is 16.7 Å². The van der Waals surface area contributed by atoms with Gasteiger partial charge in [0.2, 0.25) is 5.60 Å². The lowest BCUT2D eigenvalue weighted by Gasteiger charge is -2.64. The lowest BCUT2D eigenvalue weighted by atomic mass is 9.44. The molecule has 3 aliphatic heterocycles. The summed E-state index contributed by atoms with van der Waals surface area (Å²) in [5, 5.41) is 22.7. The van der Waals surface area contributed by atoms with Gasteiger partial charge in [0, 0.05) is 11.8 Å². The number of cyclic esters (lactones) is 1. The highest BCUT2D eigenvalue weighted by Crippen LogP contribution is 2.75. The maximum Gasteiger partial charge on any atom is 0.342 e. The average Bonchev–Trinajstić information content (AvgIpc) is 2.97. The zero-order valence-electron chi connectivity index (χ0n) is 12.4. The first-order valence-corrected chi connectivity index (χ1v) is 7.70. The molecule has 8 atom stereocenters. The van der Waals surface area contributed by atoms with E-state index in [0.717, 1.165) is 0 Å². The maximum atomic E-state index is 12.4. The van der Waals surface area contributed by atoms with Crippen molar-refractivity contribution in [3.05, 3.63) is 0 Å². The Bertz CT molecular complexity index is 633. The Morgan fingerprint density at radius 3 is 2.68 bits per heavy atom. The summed E-state index contributed by atoms with van der Waals surface area (Å²) in [6, 6.07) is 0. The van der Waals surface area contributed by atoms with Crippen molar-refractivity contribution in [2.45, 2.75) is 56.2 Å². The van der Waals surface area contributed by atoms with Crippen molar-refractivity contribution in [3.63, 3.8) is 0 Å². The Morgan fingerprint density at radius 1 is 1.23 bits per heavy atom. The third-order valence-corrected chi connectivity index (χ3v) is 7.43. The van der Waals surface area contributed by atoms with Crippen LogP contribution in [0.25, 0.3) is 0 Å². The monoisotopic (exact) mass is 310 g/mol. The average molecular weight is 310 g/mol. The second-order valence-electron chi connectivity index (χ2n) is 7.75. The fourth-order valence-electron chi connectivity index (χ4n) is 6.11. The first kappa shape index (κ1) is 13.3. The molecule has 2 N–H and O–H groups in total. The van der Waals surface area contributed by atoms with Crippen LogP contribution in [0.4, 0.5) is 0 Å². The number of hydrogen-bond donors (Lipinski definition) is 2. The number of ether oxygens (including phenoxy) is 3. The van der Waals surface area contributed by atoms with E-state index in [0.29, 0.717) is 6.42 Å². The summed E-state index contributed by atoms with van der Waals surface area (Å²) >= 11 is 0. The Balaban J connectivity index is 1.82. The van der Waals surface area contributed by atoms with Crippen LogP contribution in [-0.2, 0) is 23.8 Å². The molecule has 3 bridgehead atoms. The lowest BCUT2D eigenvalue weighted by Crippen LogP contribution is -2.80. The van der Waals surface area contributed by atoms with Crippen LogP contribution < -0.4 is 0 Å². The van der Waals surface area contributed by atoms with Gasteiger partial charge < -0.3 is 24.4 Å². The summed E-state index contributed by atoms with van der Waals surface area (Å²) in [5.74, 6) is -1.46. The van der Waals surface area contributed by atoms with E-state index in [1.807, 2.05) is 6.92 Å². The number of esters is 2. The van der Waals surface area contributed by atoms with E-state index in [4.69, 9.17) is 14.2 Å². The Labute approximate surface area is 126 Å². The molecule has 0 aromatic rings. The van der Waals surface area contributed by atoms with Crippen LogP contribution in [0.1, 0.15) is 26.7 Å². The summed E-state index contributed by atoms with van der Waals surface area (Å²) in [6.07, 6.45) is -1.60. The highest BCUT2D eigenvalue weighted by Gasteiger charge is 2.89. The van der Waals surface area contributed by atoms with Gasteiger partial charge >= 0.3 is 11.9 Å². The number of rotatable bonds is 0. The minimum absolute atomic E-state index is 0.0464. The molecule has 0 radical (unpaired) electrons. The Kier molecular flexibility index (Phi) is 1.93. The van der Waals surface area contributed by atoms with E-state index < -0.39 is 46.2 Å². The summed E-state index contributed by atoms with van der Waals surface area (Å²) in [4.78, 5) is 24.6. The van der Waals surface area contributed by atoms with Crippen LogP contribution in [0.2, 0.25) is 0 Å². The Hall–Kier alpha value is -1.18. The molecule has 120 valence electrons. The van der Waals surface area contributed by atoms with Crippen LogP contribution in [-0.4, -0.2) is 58.3 Å². The zero-order valence-corrected chi connectivity index (χ0v) is 12.4. The molecule has 0 aromatic heterocycles. The molecule has 7 heteroatoms. The number of aliphatic hydroxyl groups is 2. The number of hydrogen-bond acceptors (Lipinski definition) is 7. The summed E-state index contributed by atoms with van der Waals surface area (Å²) in [5.41, 5.74) is -5.44. The highest BCUT2D eigenvalue weighted by molar-refractivity contribution is 5.88. The SMILES string of the molecule is C[C@@H]1[C@H]2C[C@@]3(O)[C@]14C[C@H](OC(=O)[C@@H]4O2)[C@@]1(O)C(=O)OC[C@@]31C. The predicted octanol–water partition coefficient (Wildman–Crippen LogP) is -0.866. The molecule has 0 aromatic carbocycles. The largest absolute Gasteiger partial charge is 0.463 e. The molecule has 5 fully saturated rings. The first-order chi connectivity index (χ1) is 10.2. The fourth-order valence-corrected chi connectivity index (χ4v) is 6.11. The van der Waals surface area contributed by atoms with Gasteiger partial charge in [0.15, 0.2) is 6.10 Å². The van der Waals surface area contributed by atoms with Crippen LogP contribution >= 0.6 is 0 Å². The van der Waals surface area contributed by atoms with E-state index >= 15 is 0 Å². The predicted molar refractivity (Wildman–Crippen MR) is 68.3 cm³/mol. The number of carbonyl (C=O) groups excluding carboxylic acids is 2. The summed E-state index contributed by atoms with van der Waals surface area (Å²) in [6.45, 7) is 3.54. The van der Waals surface area contributed by atoms with E-state index in [2.05, 4.69) is 0 Å². The van der Waals surface area contributed by atoms with Crippen molar-refractivity contribution in [1.82, 2.24) is 0 Å². The number of fused-ring (bicyclic) bond motifs is 5. The van der Waals surface area contributed by atoms with E-state index in [-0.39, 0.29) is 25.0 Å². The molecule has 7 nitrogen and oxygen atoms in total. The summed E-state index contributed by atoms with van der Waals surface area (Å²) in [7, 11) is 0. The van der Waals surface area contributed by atoms with Gasteiger partial charge in [-0.25, -0.2) is 9.59 Å². The molecule has 0 amide bonds. The van der Waals surface area contributed by atoms with Gasteiger partial charge in [-0.1, -0.05) is 6.92 Å². The molecule has 5 aliphatic rings. The van der Waals surface area contributed by atoms with Crippen molar-refractivity contribution in [1.29, 1.82) is 0 Å². The second-order valence-corrected chi connectivity index (χ2v) is 7.75. The second kappa shape index (κ2) is 3.20. The molecular weight excluding hydrogens is 292 g/mol. The molecule has 2 aliphatic carbocycles. The van der Waals surface area contributed by atoms with Crippen LogP contribution in [0, 0.1) is 16.7 Å². The third kappa shape index (κ3) is 0.893. The van der Waals surface area contributed by atoms with Gasteiger partial charge in [-0.15, -0.1) is 0 Å². The molecule has 5 rings (SSSR count). The van der Waals surface area contributed by atoms with Crippen LogP contribution in [0.3, 0.4) is 0 Å². The summed E-state index contributed by atoms with van der Waals surface area (Å²) < 4.78 is 16.3. The highest BCUT2D eigenvalue weighted by atomic mass is 16.6. The van der Waals surface area contributed by atoms with Gasteiger partial charge in [0.25, 0.3) is 0 Å². The van der Waals surface area contributed by atoms with Gasteiger partial charge in [-0.05, 0) is 19.3 Å². The molecule has 1 spiro atoms.